The summed E-state index contributed by atoms with van der Waals surface area (Å²) in [4.78, 5) is 71.8. The third kappa shape index (κ3) is 6.28. The minimum atomic E-state index is -3.37. The Kier molecular flexibility index (Phi) is 9.42. The second-order valence-electron chi connectivity index (χ2n) is 7.52. The van der Waals surface area contributed by atoms with Crippen LogP contribution in [0.5, 0.6) is 0 Å². The van der Waals surface area contributed by atoms with Gasteiger partial charge in [0.25, 0.3) is 8.25 Å². The van der Waals surface area contributed by atoms with E-state index in [1.54, 1.807) is 0 Å². The molecule has 1 atom stereocenters. The first kappa shape index (κ1) is 27.7. The van der Waals surface area contributed by atoms with Crippen LogP contribution in [0.4, 0.5) is 5.69 Å². The number of nitrogens with zero attached hydrogens (tertiary/aromatic N) is 2. The summed E-state index contributed by atoms with van der Waals surface area (Å²) in [6.45, 7) is 0.768. The number of esters is 1. The molecule has 1 aromatic rings. The number of hydrogen-bond acceptors (Lipinski definition) is 10. The number of hydrogen-bond donors (Lipinski definition) is 0. The Hall–Kier alpha value is -1.88. The molecule has 0 aliphatic carbocycles. The van der Waals surface area contributed by atoms with Gasteiger partial charge in [-0.25, -0.2) is 0 Å². The van der Waals surface area contributed by atoms with Crippen molar-refractivity contribution in [3.63, 3.8) is 0 Å². The van der Waals surface area contributed by atoms with Gasteiger partial charge >= 0.3 is 208 Å². The number of anilines is 1. The quantitative estimate of drug-likeness (QED) is 0.114. The van der Waals surface area contributed by atoms with E-state index in [1.807, 2.05) is 18.2 Å². The predicted molar refractivity (Wildman–Crippen MR) is 112 cm³/mol. The first-order valence-corrected chi connectivity index (χ1v) is 13.0. The molecule has 1 aromatic carbocycles. The van der Waals surface area contributed by atoms with Gasteiger partial charge in [0.2, 0.25) is 0 Å². The zero-order valence-electron chi connectivity index (χ0n) is 18.6. The number of imide groups is 1. The number of rotatable bonds is 4. The van der Waals surface area contributed by atoms with Crippen molar-refractivity contribution in [3.8, 4) is 0 Å². The van der Waals surface area contributed by atoms with Gasteiger partial charge in [-0.2, -0.15) is 0 Å². The minimum Gasteiger partial charge on any atom is -0.598 e. The second kappa shape index (κ2) is 11.9. The summed E-state index contributed by atoms with van der Waals surface area (Å²) in [7, 11) is -3.37. The molecule has 4 aliphatic heterocycles. The van der Waals surface area contributed by atoms with E-state index >= 15 is 0 Å². The molecule has 11 nitrogen and oxygen atoms in total. The molecule has 1 saturated heterocycles. The van der Waals surface area contributed by atoms with Crippen molar-refractivity contribution < 1.29 is 72.7 Å². The van der Waals surface area contributed by atoms with Crippen molar-refractivity contribution in [2.75, 3.05) is 11.4 Å². The monoisotopic (exact) mass is 575 g/mol. The maximum absolute atomic E-state index is 12.2. The van der Waals surface area contributed by atoms with Gasteiger partial charge in [-0.1, -0.05) is 4.57 Å². The van der Waals surface area contributed by atoms with Crippen molar-refractivity contribution in [2.45, 2.75) is 38.2 Å². The van der Waals surface area contributed by atoms with Crippen LogP contribution in [0.1, 0.15) is 32.1 Å². The Bertz CT molecular complexity index is 1140. The molecule has 14 heteroatoms. The summed E-state index contributed by atoms with van der Waals surface area (Å²) in [5.41, 5.74) is 2.89. The molecule has 0 bridgehead atoms. The van der Waals surface area contributed by atoms with Gasteiger partial charge < -0.3 is 9.79 Å². The van der Waals surface area contributed by atoms with Crippen molar-refractivity contribution in [1.82, 2.24) is 5.06 Å². The molecular formula is C21H17N2NaO9PSe-. The van der Waals surface area contributed by atoms with Crippen LogP contribution in [0.15, 0.2) is 40.0 Å². The molecular weight excluding hydrogens is 557 g/mol. The van der Waals surface area contributed by atoms with E-state index < -0.39 is 32.0 Å². The molecule has 1 fully saturated rings. The zero-order chi connectivity index (χ0) is 24.4. The number of fused-ring (bicyclic) bond motifs is 4. The molecule has 0 saturated carbocycles. The largest absolute Gasteiger partial charge is 1.00 e. The maximum Gasteiger partial charge on any atom is 1.00 e. The van der Waals surface area contributed by atoms with Crippen molar-refractivity contribution in [1.29, 1.82) is 0 Å². The fraction of sp³-hybridized carbons (Fsp3) is 0.333. The molecule has 0 radical (unpaired) electrons. The Labute approximate surface area is 229 Å². The molecule has 1 unspecified atom stereocenters. The molecule has 35 heavy (non-hydrogen) atoms. The predicted octanol–water partition coefficient (Wildman–Crippen LogP) is -4.14. The second-order valence-corrected chi connectivity index (χ2v) is 10.1. The third-order valence-electron chi connectivity index (χ3n) is 5.41. The van der Waals surface area contributed by atoms with Crippen LogP contribution >= 0.6 is 8.25 Å². The third-order valence-corrected chi connectivity index (χ3v) is 7.88. The number of benzene rings is 1. The summed E-state index contributed by atoms with van der Waals surface area (Å²) < 4.78 is 16.4. The van der Waals surface area contributed by atoms with Crippen LogP contribution in [0.3, 0.4) is 0 Å². The molecule has 4 aliphatic rings. The molecule has 0 aromatic heterocycles. The van der Waals surface area contributed by atoms with Gasteiger partial charge in [-0.15, -0.1) is 0 Å². The van der Waals surface area contributed by atoms with Crippen molar-refractivity contribution >= 4 is 57.1 Å². The van der Waals surface area contributed by atoms with Crippen LogP contribution in [-0.4, -0.2) is 56.4 Å². The van der Waals surface area contributed by atoms with Crippen LogP contribution in [0, 0.1) is 6.07 Å². The van der Waals surface area contributed by atoms with Gasteiger partial charge in [-0.3, -0.25) is 0 Å². The number of hydroxylamine groups is 2. The van der Waals surface area contributed by atoms with E-state index in [-0.39, 0.29) is 76.3 Å². The number of amides is 2. The maximum atomic E-state index is 12.2. The van der Waals surface area contributed by atoms with Gasteiger partial charge in [0.05, 0.1) is 0 Å². The minimum absolute atomic E-state index is 0. The molecule has 4 heterocycles. The van der Waals surface area contributed by atoms with Crippen LogP contribution in [0.2, 0.25) is 0 Å². The number of carbonyl (C=O) groups is 4. The summed E-state index contributed by atoms with van der Waals surface area (Å²) in [6, 6.07) is 9.05. The topological polar surface area (TPSA) is 156 Å². The average Bonchev–Trinajstić information content (AvgIpc) is 3.31. The summed E-state index contributed by atoms with van der Waals surface area (Å²) in [5, 5.41) is 0.548. The molecule has 0 spiro atoms. The smallest absolute Gasteiger partial charge is 0.598 e. The van der Waals surface area contributed by atoms with Crippen molar-refractivity contribution in [3.05, 3.63) is 46.1 Å². The summed E-state index contributed by atoms with van der Waals surface area (Å²) in [6.07, 6.45) is 2.12. The van der Waals surface area contributed by atoms with E-state index in [2.05, 4.69) is 11.0 Å². The van der Waals surface area contributed by atoms with Crippen LogP contribution in [0.25, 0.3) is 0 Å². The van der Waals surface area contributed by atoms with Gasteiger partial charge in [0.15, 0.2) is 0 Å². The Morgan fingerprint density at radius 3 is 2.63 bits per heavy atom. The van der Waals surface area contributed by atoms with Gasteiger partial charge in [-0.05, 0) is 0 Å². The van der Waals surface area contributed by atoms with E-state index in [0.717, 1.165) is 28.0 Å². The average molecular weight is 574 g/mol. The van der Waals surface area contributed by atoms with E-state index in [0.29, 0.717) is 11.5 Å². The van der Waals surface area contributed by atoms with Gasteiger partial charge in [0.1, 0.15) is 0 Å². The standard InChI is InChI=1S/C21H17N2O6Se.Na.HO3P/c24-16-6-7-17(25)23(16)29-18(26)8-5-12-11-19(27)28-14-9-10-22-13-3-1-2-4-15(13)30-21(22)20(12)14;;1-4(2)3/h1,3-4,11,14H,5-10H2;;(H,1,2,3)/q-1;+1;/p-1. The van der Waals surface area contributed by atoms with Crippen LogP contribution in [-0.2, 0) is 33.3 Å². The molecule has 178 valence electrons. The number of carbonyl (C=O) groups excluding carboxylic acids is 4. The SMILES string of the molecule is O=C1C=C(CCC(=O)ON2C(=O)CCC2=O)C2=C3[Se]c4c[c-]ccc4N3CCC2O1.O=[P+]([O-])[O-].[Na+]. The van der Waals surface area contributed by atoms with E-state index in [4.69, 9.17) is 23.9 Å². The van der Waals surface area contributed by atoms with Crippen molar-refractivity contribution in [2.24, 2.45) is 0 Å². The summed E-state index contributed by atoms with van der Waals surface area (Å²) >= 11 is 0.0544. The summed E-state index contributed by atoms with van der Waals surface area (Å²) in [5.74, 6) is -2.11. The first-order valence-electron chi connectivity index (χ1n) is 10.2. The van der Waals surface area contributed by atoms with E-state index in [1.165, 1.54) is 10.5 Å². The Morgan fingerprint density at radius 2 is 1.94 bits per heavy atom. The Morgan fingerprint density at radius 1 is 1.26 bits per heavy atom. The Balaban J connectivity index is 0.000000638. The van der Waals surface area contributed by atoms with Crippen LogP contribution < -0.4 is 48.7 Å². The first-order chi connectivity index (χ1) is 16.2. The molecule has 2 amide bonds. The number of ether oxygens (including phenoxy) is 1. The molecule has 5 rings (SSSR count). The van der Waals surface area contributed by atoms with E-state index in [9.17, 15) is 19.2 Å². The fourth-order valence-electron chi connectivity index (χ4n) is 4.04. The molecule has 0 N–H and O–H groups in total. The van der Waals surface area contributed by atoms with Gasteiger partial charge in [0, 0.05) is 0 Å². The zero-order valence-corrected chi connectivity index (χ0v) is 23.2. The normalized spacial score (nSPS) is 20.0. The fourth-order valence-corrected chi connectivity index (χ4v) is 6.74.